The van der Waals surface area contributed by atoms with Crippen molar-refractivity contribution in [2.45, 2.75) is 36.3 Å². The van der Waals surface area contributed by atoms with Gasteiger partial charge in [0.1, 0.15) is 30.0 Å². The van der Waals surface area contributed by atoms with Gasteiger partial charge in [0.25, 0.3) is 0 Å². The maximum absolute atomic E-state index is 10.4. The van der Waals surface area contributed by atoms with Crippen LogP contribution in [0.4, 0.5) is 0 Å². The zero-order chi connectivity index (χ0) is 21.8. The molecule has 3 aromatic carbocycles. The van der Waals surface area contributed by atoms with Gasteiger partial charge in [-0.3, -0.25) is 0 Å². The lowest BCUT2D eigenvalue weighted by atomic mass is 9.80. The predicted octanol–water partition coefficient (Wildman–Crippen LogP) is 1.79. The molecule has 31 heavy (non-hydrogen) atoms. The molecule has 0 spiro atoms. The van der Waals surface area contributed by atoms with Gasteiger partial charge in [-0.05, 0) is 16.7 Å². The second-order valence-electron chi connectivity index (χ2n) is 7.63. The molecular formula is C25H26O6. The molecule has 0 radical (unpaired) electrons. The Morgan fingerprint density at radius 3 is 1.45 bits per heavy atom. The summed E-state index contributed by atoms with van der Waals surface area (Å²) in [5.74, 6) is 0. The van der Waals surface area contributed by atoms with Crippen molar-refractivity contribution in [1.29, 1.82) is 0 Å². The molecule has 0 bridgehead atoms. The van der Waals surface area contributed by atoms with Crippen LogP contribution >= 0.6 is 0 Å². The molecule has 0 saturated carbocycles. The summed E-state index contributed by atoms with van der Waals surface area (Å²) in [5.41, 5.74) is 1.59. The third-order valence-electron chi connectivity index (χ3n) is 5.69. The molecule has 0 aliphatic carbocycles. The molecule has 5 atom stereocenters. The van der Waals surface area contributed by atoms with Gasteiger partial charge < -0.3 is 29.9 Å². The summed E-state index contributed by atoms with van der Waals surface area (Å²) in [5, 5.41) is 40.2. The van der Waals surface area contributed by atoms with Gasteiger partial charge >= 0.3 is 0 Å². The lowest BCUT2D eigenvalue weighted by Gasteiger charge is -2.41. The minimum atomic E-state index is -1.62. The normalized spacial score (nSPS) is 26.5. The molecule has 1 saturated heterocycles. The number of rotatable bonds is 6. The Morgan fingerprint density at radius 1 is 0.613 bits per heavy atom. The second kappa shape index (κ2) is 9.28. The minimum Gasteiger partial charge on any atom is -0.387 e. The van der Waals surface area contributed by atoms with Crippen LogP contribution in [0.5, 0.6) is 0 Å². The Bertz CT molecular complexity index is 853. The van der Waals surface area contributed by atoms with E-state index in [1.165, 1.54) is 0 Å². The number of aliphatic hydroxyl groups is 4. The van der Waals surface area contributed by atoms with E-state index in [9.17, 15) is 20.4 Å². The highest BCUT2D eigenvalue weighted by molar-refractivity contribution is 5.47. The highest BCUT2D eigenvalue weighted by atomic mass is 16.6. The van der Waals surface area contributed by atoms with Crippen molar-refractivity contribution in [3.63, 3.8) is 0 Å². The zero-order valence-corrected chi connectivity index (χ0v) is 16.9. The molecule has 1 aliphatic heterocycles. The fourth-order valence-electron chi connectivity index (χ4n) is 4.04. The van der Waals surface area contributed by atoms with Gasteiger partial charge in [0.05, 0.1) is 6.61 Å². The third-order valence-corrected chi connectivity index (χ3v) is 5.69. The fraction of sp³-hybridized carbons (Fsp3) is 0.280. The third kappa shape index (κ3) is 4.14. The molecule has 6 nitrogen and oxygen atoms in total. The first-order chi connectivity index (χ1) is 15.0. The van der Waals surface area contributed by atoms with E-state index in [4.69, 9.17) is 9.47 Å². The van der Waals surface area contributed by atoms with Crippen molar-refractivity contribution in [3.05, 3.63) is 108 Å². The van der Waals surface area contributed by atoms with Crippen LogP contribution in [0.15, 0.2) is 91.0 Å². The van der Waals surface area contributed by atoms with Gasteiger partial charge in [-0.1, -0.05) is 91.0 Å². The Balaban J connectivity index is 1.78. The summed E-state index contributed by atoms with van der Waals surface area (Å²) in [6.07, 6.45) is -7.21. The molecule has 4 N–H and O–H groups in total. The number of hydrogen-bond acceptors (Lipinski definition) is 6. The van der Waals surface area contributed by atoms with Gasteiger partial charge in [-0.2, -0.15) is 0 Å². The number of aliphatic hydroxyl groups excluding tert-OH is 4. The largest absolute Gasteiger partial charge is 0.387 e. The average Bonchev–Trinajstić information content (AvgIpc) is 2.83. The summed E-state index contributed by atoms with van der Waals surface area (Å²) in [6.45, 7) is -0.138. The predicted molar refractivity (Wildman–Crippen MR) is 114 cm³/mol. The van der Waals surface area contributed by atoms with Gasteiger partial charge in [-0.15, -0.1) is 0 Å². The SMILES string of the molecule is O[C@@H]1[C@H](O)[C@H](O)OC(COC(c2ccccc2)(c2ccccc2)c2ccccc2)[C@@H]1O. The molecule has 6 heteroatoms. The number of benzene rings is 3. The molecule has 1 fully saturated rings. The summed E-state index contributed by atoms with van der Waals surface area (Å²) < 4.78 is 11.9. The highest BCUT2D eigenvalue weighted by Gasteiger charge is 2.45. The first-order valence-electron chi connectivity index (χ1n) is 10.2. The Hall–Kier alpha value is -2.58. The van der Waals surface area contributed by atoms with E-state index >= 15 is 0 Å². The average molecular weight is 422 g/mol. The summed E-state index contributed by atoms with van der Waals surface area (Å²) in [7, 11) is 0. The number of hydrogen-bond donors (Lipinski definition) is 4. The van der Waals surface area contributed by atoms with Crippen LogP contribution in [0.1, 0.15) is 16.7 Å². The van der Waals surface area contributed by atoms with Crippen molar-refractivity contribution >= 4 is 0 Å². The Labute approximate surface area is 180 Å². The van der Waals surface area contributed by atoms with Crippen LogP contribution in [0.25, 0.3) is 0 Å². The molecule has 0 aromatic heterocycles. The minimum absolute atomic E-state index is 0.138. The van der Waals surface area contributed by atoms with E-state index in [1.807, 2.05) is 91.0 Å². The fourth-order valence-corrected chi connectivity index (χ4v) is 4.04. The van der Waals surface area contributed by atoms with Crippen LogP contribution in [-0.2, 0) is 15.1 Å². The second-order valence-corrected chi connectivity index (χ2v) is 7.63. The van der Waals surface area contributed by atoms with E-state index in [1.54, 1.807) is 0 Å². The van der Waals surface area contributed by atoms with Crippen molar-refractivity contribution in [1.82, 2.24) is 0 Å². The van der Waals surface area contributed by atoms with Crippen molar-refractivity contribution < 1.29 is 29.9 Å². The van der Waals surface area contributed by atoms with E-state index < -0.39 is 36.3 Å². The maximum atomic E-state index is 10.4. The molecule has 162 valence electrons. The highest BCUT2D eigenvalue weighted by Crippen LogP contribution is 2.41. The van der Waals surface area contributed by atoms with Gasteiger partial charge in [0, 0.05) is 0 Å². The van der Waals surface area contributed by atoms with Crippen LogP contribution in [0, 0.1) is 0 Å². The Morgan fingerprint density at radius 2 is 1.03 bits per heavy atom. The van der Waals surface area contributed by atoms with Gasteiger partial charge in [-0.25, -0.2) is 0 Å². The molecular weight excluding hydrogens is 396 g/mol. The van der Waals surface area contributed by atoms with Crippen LogP contribution in [-0.4, -0.2) is 57.7 Å². The molecule has 3 aromatic rings. The summed E-state index contributed by atoms with van der Waals surface area (Å²) in [4.78, 5) is 0. The van der Waals surface area contributed by atoms with Crippen LogP contribution in [0.3, 0.4) is 0 Å². The Kier molecular flexibility index (Phi) is 6.48. The summed E-state index contributed by atoms with van der Waals surface area (Å²) >= 11 is 0. The first-order valence-corrected chi connectivity index (χ1v) is 10.2. The molecule has 4 rings (SSSR count). The maximum Gasteiger partial charge on any atom is 0.184 e. The monoisotopic (exact) mass is 422 g/mol. The zero-order valence-electron chi connectivity index (χ0n) is 16.9. The molecule has 1 aliphatic rings. The lowest BCUT2D eigenvalue weighted by molar-refractivity contribution is -0.291. The van der Waals surface area contributed by atoms with E-state index in [-0.39, 0.29) is 6.61 Å². The molecule has 0 amide bonds. The standard InChI is InChI=1S/C25H26O6/c26-21-20(31-24(29)23(28)22(21)27)16-30-25(17-10-4-1-5-11-17,18-12-6-2-7-13-18)19-14-8-3-9-15-19/h1-15,20-24,26-29H,16H2/t20?,21-,22-,23-,24+/m0/s1. The van der Waals surface area contributed by atoms with Crippen LogP contribution in [0.2, 0.25) is 0 Å². The lowest BCUT2D eigenvalue weighted by Crippen LogP contribution is -2.59. The summed E-state index contributed by atoms with van der Waals surface area (Å²) in [6, 6.07) is 29.1. The van der Waals surface area contributed by atoms with E-state index in [0.29, 0.717) is 0 Å². The number of ether oxygens (including phenoxy) is 2. The quantitative estimate of drug-likeness (QED) is 0.452. The van der Waals surface area contributed by atoms with Crippen LogP contribution < -0.4 is 0 Å². The smallest absolute Gasteiger partial charge is 0.184 e. The van der Waals surface area contributed by atoms with E-state index in [0.717, 1.165) is 16.7 Å². The van der Waals surface area contributed by atoms with Crippen molar-refractivity contribution in [2.75, 3.05) is 6.61 Å². The van der Waals surface area contributed by atoms with E-state index in [2.05, 4.69) is 0 Å². The van der Waals surface area contributed by atoms with Crippen molar-refractivity contribution in [3.8, 4) is 0 Å². The molecule has 1 heterocycles. The topological polar surface area (TPSA) is 99.4 Å². The van der Waals surface area contributed by atoms with Gasteiger partial charge in [0.2, 0.25) is 0 Å². The first kappa shape index (κ1) is 21.6. The molecule has 1 unspecified atom stereocenters. The van der Waals surface area contributed by atoms with Gasteiger partial charge in [0.15, 0.2) is 6.29 Å². The van der Waals surface area contributed by atoms with Crippen molar-refractivity contribution in [2.24, 2.45) is 0 Å².